The maximum Gasteiger partial charge on any atom is 0.306 e. The highest BCUT2D eigenvalue weighted by Crippen LogP contribution is 2.38. The van der Waals surface area contributed by atoms with Gasteiger partial charge in [-0.15, -0.1) is 0 Å². The minimum absolute atomic E-state index is 0.0371. The van der Waals surface area contributed by atoms with E-state index < -0.39 is 26.5 Å². The van der Waals surface area contributed by atoms with Crippen LogP contribution >= 0.6 is 7.82 Å². The summed E-state index contributed by atoms with van der Waals surface area (Å²) >= 11 is 0. The molecule has 0 aliphatic heterocycles. The third-order valence-corrected chi connectivity index (χ3v) is 17.9. The van der Waals surface area contributed by atoms with Crippen LogP contribution in [0.4, 0.5) is 0 Å². The zero-order chi connectivity index (χ0) is 72.5. The number of allylic oxidation sites excluding steroid dienone is 30. The fraction of sp³-hybridized carbons (Fsp3) is 0.644. The summed E-state index contributed by atoms with van der Waals surface area (Å²) < 4.78 is 34.4. The van der Waals surface area contributed by atoms with Crippen molar-refractivity contribution in [2.75, 3.05) is 47.5 Å². The Kier molecular flexibility index (Phi) is 74.4. The number of nitrogens with zero attached hydrogens (tertiary/aromatic N) is 1. The summed E-state index contributed by atoms with van der Waals surface area (Å²) in [5, 5.41) is 0. The van der Waals surface area contributed by atoms with Crippen molar-refractivity contribution in [3.63, 3.8) is 0 Å². The summed E-state index contributed by atoms with van der Waals surface area (Å²) in [5.41, 5.74) is 0. The Bertz CT molecular complexity index is 2350. The molecule has 0 bridgehead atoms. The largest absolute Gasteiger partial charge is 0.756 e. The van der Waals surface area contributed by atoms with Crippen LogP contribution in [0.2, 0.25) is 0 Å². The van der Waals surface area contributed by atoms with Gasteiger partial charge in [-0.25, -0.2) is 0 Å². The number of hydrogen-bond donors (Lipinski definition) is 0. The zero-order valence-corrected chi connectivity index (χ0v) is 65.7. The van der Waals surface area contributed by atoms with Gasteiger partial charge < -0.3 is 27.9 Å². The topological polar surface area (TPSA) is 111 Å². The van der Waals surface area contributed by atoms with Crippen molar-refractivity contribution in [3.8, 4) is 0 Å². The number of hydrogen-bond acceptors (Lipinski definition) is 8. The van der Waals surface area contributed by atoms with Crippen molar-refractivity contribution in [1.82, 2.24) is 0 Å². The van der Waals surface area contributed by atoms with Crippen LogP contribution in [-0.4, -0.2) is 70.0 Å². The van der Waals surface area contributed by atoms with E-state index in [1.165, 1.54) is 154 Å². The number of ether oxygens (including phenoxy) is 2. The Morgan fingerprint density at radius 3 is 0.800 bits per heavy atom. The summed E-state index contributed by atoms with van der Waals surface area (Å²) in [4.78, 5) is 38.2. The number of carbonyl (C=O) groups is 2. The van der Waals surface area contributed by atoms with Crippen LogP contribution < -0.4 is 4.89 Å². The lowest BCUT2D eigenvalue weighted by atomic mass is 10.0. The number of likely N-dealkylation sites (N-methyl/N-ethyl adjacent to an activating group) is 1. The van der Waals surface area contributed by atoms with E-state index in [0.29, 0.717) is 17.4 Å². The fourth-order valence-electron chi connectivity index (χ4n) is 10.8. The van der Waals surface area contributed by atoms with Crippen LogP contribution in [0, 0.1) is 0 Å². The highest BCUT2D eigenvalue weighted by Gasteiger charge is 2.22. The first-order valence-corrected chi connectivity index (χ1v) is 42.0. The summed E-state index contributed by atoms with van der Waals surface area (Å²) in [6.07, 6.45) is 120. The van der Waals surface area contributed by atoms with Gasteiger partial charge >= 0.3 is 11.9 Å². The van der Waals surface area contributed by atoms with Crippen LogP contribution in [0.15, 0.2) is 182 Å². The van der Waals surface area contributed by atoms with Gasteiger partial charge in [0.1, 0.15) is 19.8 Å². The van der Waals surface area contributed by atoms with E-state index in [4.69, 9.17) is 18.5 Å². The number of unbranched alkanes of at least 4 members (excludes halogenated alkanes) is 29. The Morgan fingerprint density at radius 2 is 0.540 bits per heavy atom. The van der Waals surface area contributed by atoms with E-state index in [-0.39, 0.29) is 32.0 Å². The van der Waals surface area contributed by atoms with Crippen molar-refractivity contribution in [1.29, 1.82) is 0 Å². The van der Waals surface area contributed by atoms with E-state index in [1.54, 1.807) is 0 Å². The van der Waals surface area contributed by atoms with Gasteiger partial charge in [0, 0.05) is 12.8 Å². The number of phosphoric ester groups is 1. The molecule has 0 rings (SSSR count). The molecule has 2 atom stereocenters. The number of phosphoric acid groups is 1. The van der Waals surface area contributed by atoms with Crippen LogP contribution in [-0.2, 0) is 32.7 Å². The molecule has 0 radical (unpaired) electrons. The second-order valence-corrected chi connectivity index (χ2v) is 29.1. The van der Waals surface area contributed by atoms with E-state index >= 15 is 0 Å². The van der Waals surface area contributed by atoms with Gasteiger partial charge in [-0.3, -0.25) is 14.2 Å². The van der Waals surface area contributed by atoms with Crippen LogP contribution in [0.1, 0.15) is 322 Å². The van der Waals surface area contributed by atoms with Gasteiger partial charge in [-0.05, 0) is 135 Å². The summed E-state index contributed by atoms with van der Waals surface area (Å²) in [6, 6.07) is 0. The lowest BCUT2D eigenvalue weighted by molar-refractivity contribution is -0.870. The SMILES string of the molecule is CC/C=C\C/C=C\C/C=C\C/C=C\C/C=C\C/C=C\C/C=C\C/C=C\CCCCCCCCCCCCCCCCCCC(=O)OC(COC(=O)CCCCCCCCCCCCCCC/C=C\C/C=C\C/C=C\C/C=C\C/C=C\C/C=C\C/C=C\CC)COP(=O)([O-])OCC[N+](C)(C)C. The average Bonchev–Trinajstić information content (AvgIpc) is 1.30. The zero-order valence-electron chi connectivity index (χ0n) is 64.8. The quantitative estimate of drug-likeness (QED) is 0.0195. The van der Waals surface area contributed by atoms with Gasteiger partial charge in [-0.1, -0.05) is 357 Å². The minimum Gasteiger partial charge on any atom is -0.756 e. The average molecular weight is 1410 g/mol. The summed E-state index contributed by atoms with van der Waals surface area (Å²) in [7, 11) is 1.16. The van der Waals surface area contributed by atoms with Gasteiger partial charge in [0.2, 0.25) is 0 Å². The normalized spacial score (nSPS) is 14.0. The molecule has 0 saturated carbocycles. The standard InChI is InChI=1S/C90H150NO8P/c1-6-8-10-12-14-16-18-20-22-24-26-28-30-32-34-36-38-40-42-43-44-45-46-47-49-51-53-55-57-59-61-63-65-67-69-71-73-75-77-79-81-83-90(93)99-88(87-98-100(94,95)97-85-84-91(3,4)5)86-96-89(92)82-80-78-76-74-72-70-68-66-64-62-60-58-56-54-52-50-48-41-39-37-35-33-31-29-27-25-23-21-19-17-15-13-11-9-7-2/h8-11,14-17,20-23,26-29,32-35,38-41,43-44,46-47,50,52,88H,6-7,12-13,18-19,24-25,30-31,36-37,42,45,48-49,51,53-87H2,1-5H3/b10-8-,11-9-,16-14-,17-15-,22-20-,23-21-,28-26-,29-27-,34-32-,35-33-,40-38-,41-39-,44-43-,47-46-,52-50-. The van der Waals surface area contributed by atoms with Gasteiger partial charge in [0.25, 0.3) is 7.82 Å². The van der Waals surface area contributed by atoms with Crippen molar-refractivity contribution >= 4 is 19.8 Å². The van der Waals surface area contributed by atoms with Crippen LogP contribution in [0.5, 0.6) is 0 Å². The third-order valence-electron chi connectivity index (χ3n) is 16.9. The number of quaternary nitrogens is 1. The van der Waals surface area contributed by atoms with Crippen LogP contribution in [0.25, 0.3) is 0 Å². The molecule has 100 heavy (non-hydrogen) atoms. The molecule has 0 N–H and O–H groups in total. The fourth-order valence-corrected chi connectivity index (χ4v) is 11.6. The molecule has 0 fully saturated rings. The van der Waals surface area contributed by atoms with Crippen molar-refractivity contribution in [2.24, 2.45) is 0 Å². The van der Waals surface area contributed by atoms with E-state index in [2.05, 4.69) is 196 Å². The molecule has 0 aromatic heterocycles. The maximum atomic E-state index is 12.9. The Morgan fingerprint density at radius 1 is 0.310 bits per heavy atom. The first kappa shape index (κ1) is 95.1. The second kappa shape index (κ2) is 78.3. The molecule has 0 aliphatic carbocycles. The highest BCUT2D eigenvalue weighted by molar-refractivity contribution is 7.45. The minimum atomic E-state index is -4.66. The molecule has 0 heterocycles. The smallest absolute Gasteiger partial charge is 0.306 e. The van der Waals surface area contributed by atoms with Gasteiger partial charge in [0.05, 0.1) is 27.7 Å². The lowest BCUT2D eigenvalue weighted by Gasteiger charge is -2.28. The van der Waals surface area contributed by atoms with Crippen molar-refractivity contribution in [2.45, 2.75) is 328 Å². The molecule has 0 spiro atoms. The van der Waals surface area contributed by atoms with E-state index in [9.17, 15) is 19.0 Å². The van der Waals surface area contributed by atoms with E-state index in [1.807, 2.05) is 21.1 Å². The number of carbonyl (C=O) groups excluding carboxylic acids is 2. The molecule has 0 aliphatic rings. The molecule has 0 amide bonds. The second-order valence-electron chi connectivity index (χ2n) is 27.7. The summed E-state index contributed by atoms with van der Waals surface area (Å²) in [5.74, 6) is -0.834. The van der Waals surface area contributed by atoms with Gasteiger partial charge in [-0.2, -0.15) is 0 Å². The van der Waals surface area contributed by atoms with Crippen molar-refractivity contribution in [3.05, 3.63) is 182 Å². The first-order chi connectivity index (χ1) is 49.0. The van der Waals surface area contributed by atoms with Crippen molar-refractivity contribution < 1.29 is 42.1 Å². The Balaban J connectivity index is 4.01. The molecular formula is C90H150NO8P. The molecule has 0 saturated heterocycles. The molecule has 0 aromatic rings. The van der Waals surface area contributed by atoms with Gasteiger partial charge in [0.15, 0.2) is 6.10 Å². The molecular weight excluding hydrogens is 1250 g/mol. The number of esters is 2. The molecule has 10 heteroatoms. The Hall–Kier alpha value is -4.89. The Labute approximate surface area is 616 Å². The monoisotopic (exact) mass is 1400 g/mol. The maximum absolute atomic E-state index is 12.9. The molecule has 2 unspecified atom stereocenters. The highest BCUT2D eigenvalue weighted by atomic mass is 31.2. The summed E-state index contributed by atoms with van der Waals surface area (Å²) in [6.45, 7) is 4.02. The molecule has 568 valence electrons. The lowest BCUT2D eigenvalue weighted by Crippen LogP contribution is -2.37. The third kappa shape index (κ3) is 82.1. The van der Waals surface area contributed by atoms with Crippen LogP contribution in [0.3, 0.4) is 0 Å². The molecule has 9 nitrogen and oxygen atoms in total. The number of rotatable bonds is 73. The first-order valence-electron chi connectivity index (χ1n) is 40.5. The van der Waals surface area contributed by atoms with E-state index in [0.717, 1.165) is 135 Å². The predicted molar refractivity (Wildman–Crippen MR) is 433 cm³/mol. The molecule has 0 aromatic carbocycles. The predicted octanol–water partition coefficient (Wildman–Crippen LogP) is 26.8.